The topological polar surface area (TPSA) is 35.5 Å². The first-order valence-electron chi connectivity index (χ1n) is 5.67. The van der Waals surface area contributed by atoms with Gasteiger partial charge in [0.25, 0.3) is 0 Å². The first kappa shape index (κ1) is 11.8. The van der Waals surface area contributed by atoms with Gasteiger partial charge in [-0.05, 0) is 42.0 Å². The van der Waals surface area contributed by atoms with Crippen LogP contribution < -0.4 is 0 Å². The summed E-state index contributed by atoms with van der Waals surface area (Å²) < 4.78 is 12.6. The molecule has 1 aromatic carbocycles. The highest BCUT2D eigenvalue weighted by molar-refractivity contribution is 9.10. The summed E-state index contributed by atoms with van der Waals surface area (Å²) >= 11 is 3.40. The summed E-state index contributed by atoms with van der Waals surface area (Å²) in [7, 11) is 0. The number of halogens is 1. The van der Waals surface area contributed by atoms with E-state index in [0.29, 0.717) is 6.61 Å². The fourth-order valence-electron chi connectivity index (χ4n) is 2.02. The lowest BCUT2D eigenvalue weighted by Crippen LogP contribution is -2.27. The molecule has 0 amide bonds. The lowest BCUT2D eigenvalue weighted by atomic mass is 10.1. The Labute approximate surface area is 113 Å². The first-order valence-corrected chi connectivity index (χ1v) is 6.46. The second-order valence-corrected chi connectivity index (χ2v) is 5.18. The summed E-state index contributed by atoms with van der Waals surface area (Å²) in [4.78, 5) is 11.1. The van der Waals surface area contributed by atoms with Gasteiger partial charge in [0.1, 0.15) is 6.10 Å². The third-order valence-electron chi connectivity index (χ3n) is 2.99. The van der Waals surface area contributed by atoms with Gasteiger partial charge >= 0.3 is 0 Å². The van der Waals surface area contributed by atoms with Gasteiger partial charge in [-0.3, -0.25) is 4.79 Å². The number of allylic oxidation sites excluding steroid dienone is 2. The number of carbonyl (C=O) groups excluding carboxylic acids is 1. The largest absolute Gasteiger partial charge is 0.340 e. The Morgan fingerprint density at radius 1 is 1.17 bits per heavy atom. The summed E-state index contributed by atoms with van der Waals surface area (Å²) in [6.07, 6.45) is 6.16. The molecule has 92 valence electrons. The van der Waals surface area contributed by atoms with Gasteiger partial charge in [0.2, 0.25) is 5.79 Å². The molecule has 18 heavy (non-hydrogen) atoms. The van der Waals surface area contributed by atoms with E-state index in [0.717, 1.165) is 10.0 Å². The molecule has 1 aliphatic heterocycles. The number of hydrogen-bond acceptors (Lipinski definition) is 3. The smallest absolute Gasteiger partial charge is 0.209 e. The van der Waals surface area contributed by atoms with Crippen LogP contribution in [0.15, 0.2) is 53.0 Å². The molecule has 1 spiro atoms. The lowest BCUT2D eigenvalue weighted by Gasteiger charge is -2.22. The lowest BCUT2D eigenvalue weighted by molar-refractivity contribution is -0.113. The van der Waals surface area contributed by atoms with Crippen molar-refractivity contribution in [1.82, 2.24) is 0 Å². The highest BCUT2D eigenvalue weighted by Crippen LogP contribution is 2.36. The Bertz CT molecular complexity index is 514. The van der Waals surface area contributed by atoms with Crippen LogP contribution in [0.2, 0.25) is 0 Å². The van der Waals surface area contributed by atoms with Gasteiger partial charge in [0.15, 0.2) is 5.78 Å². The van der Waals surface area contributed by atoms with Gasteiger partial charge in [0, 0.05) is 4.47 Å². The third kappa shape index (κ3) is 2.19. The van der Waals surface area contributed by atoms with Crippen LogP contribution in [0.3, 0.4) is 0 Å². The number of ketones is 1. The van der Waals surface area contributed by atoms with Crippen molar-refractivity contribution >= 4 is 21.7 Å². The first-order chi connectivity index (χ1) is 8.67. The predicted molar refractivity (Wildman–Crippen MR) is 69.9 cm³/mol. The van der Waals surface area contributed by atoms with E-state index in [1.807, 2.05) is 24.3 Å². The van der Waals surface area contributed by atoms with Crippen LogP contribution in [0, 0.1) is 0 Å². The van der Waals surface area contributed by atoms with Crippen molar-refractivity contribution in [3.8, 4) is 0 Å². The van der Waals surface area contributed by atoms with Crippen LogP contribution in [0.4, 0.5) is 0 Å². The summed E-state index contributed by atoms with van der Waals surface area (Å²) in [5.41, 5.74) is 1.06. The van der Waals surface area contributed by atoms with Gasteiger partial charge in [0.05, 0.1) is 6.61 Å². The predicted octanol–water partition coefficient (Wildman–Crippen LogP) is 2.93. The van der Waals surface area contributed by atoms with E-state index >= 15 is 0 Å². The maximum absolute atomic E-state index is 11.1. The Morgan fingerprint density at radius 2 is 1.83 bits per heavy atom. The molecule has 1 saturated heterocycles. The van der Waals surface area contributed by atoms with Crippen molar-refractivity contribution in [2.24, 2.45) is 0 Å². The van der Waals surface area contributed by atoms with Gasteiger partial charge < -0.3 is 9.47 Å². The number of carbonyl (C=O) groups is 1. The molecular weight excluding hydrogens is 296 g/mol. The van der Waals surface area contributed by atoms with Crippen LogP contribution in [0.1, 0.15) is 11.7 Å². The molecule has 0 N–H and O–H groups in total. The van der Waals surface area contributed by atoms with Crippen LogP contribution >= 0.6 is 15.9 Å². The standard InChI is InChI=1S/C14H11BrO3/c15-11-3-1-10(2-4-11)13-9-17-14(18-13)7-5-12(16)6-8-14/h1-8,13H,9H2. The summed E-state index contributed by atoms with van der Waals surface area (Å²) in [6, 6.07) is 7.94. The van der Waals surface area contributed by atoms with Crippen molar-refractivity contribution in [1.29, 1.82) is 0 Å². The summed E-state index contributed by atoms with van der Waals surface area (Å²) in [5.74, 6) is -0.911. The highest BCUT2D eigenvalue weighted by atomic mass is 79.9. The summed E-state index contributed by atoms with van der Waals surface area (Å²) in [6.45, 7) is 0.477. The normalized spacial score (nSPS) is 24.9. The molecule has 1 unspecified atom stereocenters. The van der Waals surface area contributed by atoms with E-state index in [9.17, 15) is 4.79 Å². The Hall–Kier alpha value is -1.23. The van der Waals surface area contributed by atoms with Crippen molar-refractivity contribution in [2.75, 3.05) is 6.61 Å². The SMILES string of the molecule is O=C1C=CC2(C=C1)OCC(c1ccc(Br)cc1)O2. The molecule has 0 radical (unpaired) electrons. The van der Waals surface area contributed by atoms with Gasteiger partial charge in [-0.1, -0.05) is 28.1 Å². The zero-order valence-electron chi connectivity index (χ0n) is 9.51. The molecule has 0 aromatic heterocycles. The molecular formula is C14H11BrO3. The van der Waals surface area contributed by atoms with Crippen LogP contribution in [0.25, 0.3) is 0 Å². The van der Waals surface area contributed by atoms with E-state index in [1.54, 1.807) is 12.2 Å². The number of hydrogen-bond donors (Lipinski definition) is 0. The number of rotatable bonds is 1. The van der Waals surface area contributed by atoms with Crippen molar-refractivity contribution in [3.05, 3.63) is 58.6 Å². The van der Waals surface area contributed by atoms with E-state index in [2.05, 4.69) is 15.9 Å². The molecule has 1 aliphatic carbocycles. The van der Waals surface area contributed by atoms with E-state index < -0.39 is 5.79 Å². The molecule has 1 fully saturated rings. The molecule has 0 bridgehead atoms. The molecule has 0 saturated carbocycles. The van der Waals surface area contributed by atoms with Crippen LogP contribution in [0.5, 0.6) is 0 Å². The Kier molecular flexibility index (Phi) is 2.93. The van der Waals surface area contributed by atoms with E-state index in [1.165, 1.54) is 12.2 Å². The zero-order valence-corrected chi connectivity index (χ0v) is 11.1. The highest BCUT2D eigenvalue weighted by Gasteiger charge is 2.39. The maximum atomic E-state index is 11.1. The minimum Gasteiger partial charge on any atom is -0.340 e. The fraction of sp³-hybridized carbons (Fsp3) is 0.214. The molecule has 1 atom stereocenters. The number of benzene rings is 1. The molecule has 2 aliphatic rings. The minimum absolute atomic E-state index is 0.0417. The van der Waals surface area contributed by atoms with Crippen molar-refractivity contribution in [3.63, 3.8) is 0 Å². The van der Waals surface area contributed by atoms with Gasteiger partial charge in [-0.15, -0.1) is 0 Å². The maximum Gasteiger partial charge on any atom is 0.209 e. The van der Waals surface area contributed by atoms with E-state index in [-0.39, 0.29) is 11.9 Å². The average molecular weight is 307 g/mol. The minimum atomic E-state index is -0.869. The molecule has 3 rings (SSSR count). The zero-order chi connectivity index (χ0) is 12.6. The van der Waals surface area contributed by atoms with Crippen molar-refractivity contribution < 1.29 is 14.3 Å². The number of ether oxygens (including phenoxy) is 2. The second kappa shape index (κ2) is 4.46. The van der Waals surface area contributed by atoms with Gasteiger partial charge in [-0.2, -0.15) is 0 Å². The van der Waals surface area contributed by atoms with Crippen LogP contribution in [-0.4, -0.2) is 18.2 Å². The van der Waals surface area contributed by atoms with Crippen LogP contribution in [-0.2, 0) is 14.3 Å². The van der Waals surface area contributed by atoms with Gasteiger partial charge in [-0.25, -0.2) is 0 Å². The quantitative estimate of drug-likeness (QED) is 0.800. The monoisotopic (exact) mass is 306 g/mol. The Morgan fingerprint density at radius 3 is 2.50 bits per heavy atom. The Balaban J connectivity index is 1.80. The molecule has 3 nitrogen and oxygen atoms in total. The van der Waals surface area contributed by atoms with E-state index in [4.69, 9.17) is 9.47 Å². The fourth-order valence-corrected chi connectivity index (χ4v) is 2.28. The average Bonchev–Trinajstić information content (AvgIpc) is 2.79. The third-order valence-corrected chi connectivity index (χ3v) is 3.52. The second-order valence-electron chi connectivity index (χ2n) is 4.26. The summed E-state index contributed by atoms with van der Waals surface area (Å²) in [5, 5.41) is 0. The van der Waals surface area contributed by atoms with Crippen molar-refractivity contribution in [2.45, 2.75) is 11.9 Å². The molecule has 1 aromatic rings. The molecule has 1 heterocycles. The molecule has 4 heteroatoms.